The second-order valence-corrected chi connectivity index (χ2v) is 13.9. The Balaban J connectivity index is 1.17. The van der Waals surface area contributed by atoms with Crippen LogP contribution in [0.2, 0.25) is 0 Å². The Hall–Kier alpha value is -0.260. The molecule has 144 valence electrons. The molecule has 0 N–H and O–H groups in total. The summed E-state index contributed by atoms with van der Waals surface area (Å²) in [6.45, 7) is 5.59. The maximum atomic E-state index is 2.85. The van der Waals surface area contributed by atoms with E-state index in [0.717, 1.165) is 58.2 Å². The molecule has 0 amide bonds. The van der Waals surface area contributed by atoms with Crippen LogP contribution in [-0.4, -0.2) is 0 Å². The molecule has 16 unspecified atom stereocenters. The fourth-order valence-electron chi connectivity index (χ4n) is 14.2. The molecule has 9 rings (SSSR count). The van der Waals surface area contributed by atoms with Gasteiger partial charge in [-0.1, -0.05) is 26.0 Å². The van der Waals surface area contributed by atoms with Gasteiger partial charge in [-0.25, -0.2) is 0 Å². The molecule has 0 aromatic heterocycles. The van der Waals surface area contributed by atoms with Crippen LogP contribution in [0.15, 0.2) is 12.2 Å². The molecule has 0 heterocycles. The van der Waals surface area contributed by atoms with Gasteiger partial charge in [0.15, 0.2) is 0 Å². The molecule has 0 aromatic carbocycles. The lowest BCUT2D eigenvalue weighted by molar-refractivity contribution is -0.0776. The Labute approximate surface area is 164 Å². The van der Waals surface area contributed by atoms with Gasteiger partial charge in [0.25, 0.3) is 0 Å². The van der Waals surface area contributed by atoms with Gasteiger partial charge in [-0.2, -0.15) is 0 Å². The molecule has 9 aliphatic rings. The van der Waals surface area contributed by atoms with E-state index < -0.39 is 0 Å². The van der Waals surface area contributed by atoms with E-state index in [9.17, 15) is 0 Å². The van der Waals surface area contributed by atoms with Gasteiger partial charge in [0.05, 0.1) is 0 Å². The van der Waals surface area contributed by atoms with Gasteiger partial charge in [-0.3, -0.25) is 0 Å². The molecule has 27 heavy (non-hydrogen) atoms. The average Bonchev–Trinajstić information content (AvgIpc) is 3.40. The third-order valence-corrected chi connectivity index (χ3v) is 13.8. The molecule has 0 saturated heterocycles. The van der Waals surface area contributed by atoms with E-state index in [2.05, 4.69) is 26.0 Å². The predicted molar refractivity (Wildman–Crippen MR) is 107 cm³/mol. The molecule has 8 fully saturated rings. The van der Waals surface area contributed by atoms with Crippen LogP contribution >= 0.6 is 0 Å². The molecular formula is C27H36. The van der Waals surface area contributed by atoms with Gasteiger partial charge in [0, 0.05) is 0 Å². The van der Waals surface area contributed by atoms with Crippen LogP contribution in [0.25, 0.3) is 0 Å². The molecule has 0 aliphatic heterocycles. The van der Waals surface area contributed by atoms with Crippen LogP contribution < -0.4 is 0 Å². The third-order valence-electron chi connectivity index (χ3n) is 13.8. The molecule has 0 radical (unpaired) electrons. The normalized spacial score (nSPS) is 77.9. The van der Waals surface area contributed by atoms with Crippen molar-refractivity contribution in [1.82, 2.24) is 0 Å². The minimum absolute atomic E-state index is 0.748. The SMILES string of the molecule is CC12CCC(C1)C1C3CC(C)(C4C5CC(C6CC7C8C=CC(C8)C7C65)C34)C12. The van der Waals surface area contributed by atoms with Crippen LogP contribution in [0.4, 0.5) is 0 Å². The maximum absolute atomic E-state index is 2.85. The van der Waals surface area contributed by atoms with Crippen LogP contribution in [0.5, 0.6) is 0 Å². The molecule has 16 atom stereocenters. The predicted octanol–water partition coefficient (Wildman–Crippen LogP) is 6.04. The highest BCUT2D eigenvalue weighted by Gasteiger charge is 2.80. The quantitative estimate of drug-likeness (QED) is 0.365. The van der Waals surface area contributed by atoms with Crippen molar-refractivity contribution in [2.24, 2.45) is 93.7 Å². The fourth-order valence-corrected chi connectivity index (χ4v) is 14.2. The molecule has 0 aromatic rings. The summed E-state index contributed by atoms with van der Waals surface area (Å²) in [5.74, 6) is 15.9. The van der Waals surface area contributed by atoms with E-state index in [1.54, 1.807) is 44.9 Å². The third kappa shape index (κ3) is 1.27. The van der Waals surface area contributed by atoms with Crippen LogP contribution in [-0.2, 0) is 0 Å². The number of hydrogen-bond donors (Lipinski definition) is 0. The van der Waals surface area contributed by atoms with Crippen LogP contribution in [0.3, 0.4) is 0 Å². The molecule has 0 spiro atoms. The standard InChI is InChI=1S/C27H36/c1-26-6-5-14(10-26)21-19-11-27(2,25(21)26)24-18-9-17(23(19)24)16-8-15-12-3-4-13(7-12)20(15)22(16)18/h3-4,12-25H,5-11H2,1-2H3. The fraction of sp³-hybridized carbons (Fsp3) is 0.926. The van der Waals surface area contributed by atoms with Crippen molar-refractivity contribution >= 4 is 0 Å². The van der Waals surface area contributed by atoms with Crippen molar-refractivity contribution in [2.75, 3.05) is 0 Å². The van der Waals surface area contributed by atoms with Crippen molar-refractivity contribution in [3.63, 3.8) is 0 Å². The van der Waals surface area contributed by atoms with Gasteiger partial charge < -0.3 is 0 Å². The summed E-state index contributed by atoms with van der Waals surface area (Å²) in [7, 11) is 0. The highest BCUT2D eigenvalue weighted by molar-refractivity contribution is 5.29. The topological polar surface area (TPSA) is 0 Å². The number of allylic oxidation sites excluding steroid dienone is 2. The minimum atomic E-state index is 0.748. The summed E-state index contributed by atoms with van der Waals surface area (Å²) in [5.41, 5.74) is 1.50. The lowest BCUT2D eigenvalue weighted by Gasteiger charge is -2.55. The Morgan fingerprint density at radius 2 is 1.52 bits per heavy atom. The van der Waals surface area contributed by atoms with E-state index in [1.807, 2.05) is 0 Å². The van der Waals surface area contributed by atoms with Crippen molar-refractivity contribution in [2.45, 2.75) is 58.8 Å². The first-order chi connectivity index (χ1) is 13.1. The van der Waals surface area contributed by atoms with E-state index in [1.165, 1.54) is 35.5 Å². The van der Waals surface area contributed by atoms with Crippen LogP contribution in [0, 0.1) is 93.7 Å². The summed E-state index contributed by atoms with van der Waals surface area (Å²) in [5, 5.41) is 0. The largest absolute Gasteiger partial charge is 0.0848 e. The number of hydrogen-bond acceptors (Lipinski definition) is 0. The highest BCUT2D eigenvalue weighted by Crippen LogP contribution is 2.86. The Kier molecular flexibility index (Phi) is 2.18. The zero-order valence-corrected chi connectivity index (χ0v) is 17.2. The summed E-state index contributed by atoms with van der Waals surface area (Å²) in [6.07, 6.45) is 16.7. The zero-order valence-electron chi connectivity index (χ0n) is 17.2. The summed E-state index contributed by atoms with van der Waals surface area (Å²) in [4.78, 5) is 0. The molecule has 8 bridgehead atoms. The average molecular weight is 361 g/mol. The van der Waals surface area contributed by atoms with Crippen molar-refractivity contribution in [3.05, 3.63) is 12.2 Å². The summed E-state index contributed by atoms with van der Waals surface area (Å²) < 4.78 is 0. The van der Waals surface area contributed by atoms with Gasteiger partial charge in [-0.05, 0) is 139 Å². The van der Waals surface area contributed by atoms with Gasteiger partial charge in [0.1, 0.15) is 0 Å². The number of fused-ring (bicyclic) bond motifs is 25. The van der Waals surface area contributed by atoms with E-state index in [4.69, 9.17) is 0 Å². The lowest BCUT2D eigenvalue weighted by Crippen LogP contribution is -2.51. The first-order valence-electron chi connectivity index (χ1n) is 12.8. The highest BCUT2D eigenvalue weighted by atomic mass is 14.8. The smallest absolute Gasteiger partial charge is 0.0194 e. The lowest BCUT2D eigenvalue weighted by atomic mass is 9.49. The van der Waals surface area contributed by atoms with Gasteiger partial charge in [-0.15, -0.1) is 0 Å². The van der Waals surface area contributed by atoms with Crippen molar-refractivity contribution in [1.29, 1.82) is 0 Å². The molecule has 0 heteroatoms. The second-order valence-electron chi connectivity index (χ2n) is 13.9. The van der Waals surface area contributed by atoms with E-state index in [0.29, 0.717) is 0 Å². The molecule has 9 aliphatic carbocycles. The maximum Gasteiger partial charge on any atom is -0.0194 e. The monoisotopic (exact) mass is 360 g/mol. The minimum Gasteiger partial charge on any atom is -0.0848 e. The molecular weight excluding hydrogens is 324 g/mol. The molecule has 0 nitrogen and oxygen atoms in total. The van der Waals surface area contributed by atoms with Gasteiger partial charge >= 0.3 is 0 Å². The van der Waals surface area contributed by atoms with E-state index in [-0.39, 0.29) is 0 Å². The number of rotatable bonds is 0. The zero-order chi connectivity index (χ0) is 17.4. The summed E-state index contributed by atoms with van der Waals surface area (Å²) >= 11 is 0. The Bertz CT molecular complexity index is 794. The first kappa shape index (κ1) is 14.7. The van der Waals surface area contributed by atoms with E-state index >= 15 is 0 Å². The molecule has 8 saturated carbocycles. The van der Waals surface area contributed by atoms with Crippen LogP contribution in [0.1, 0.15) is 58.8 Å². The van der Waals surface area contributed by atoms with Crippen molar-refractivity contribution < 1.29 is 0 Å². The van der Waals surface area contributed by atoms with Gasteiger partial charge in [0.2, 0.25) is 0 Å². The van der Waals surface area contributed by atoms with Crippen molar-refractivity contribution in [3.8, 4) is 0 Å². The Morgan fingerprint density at radius 1 is 0.704 bits per heavy atom. The Morgan fingerprint density at radius 3 is 2.44 bits per heavy atom. The second kappa shape index (κ2) is 4.00. The summed E-state index contributed by atoms with van der Waals surface area (Å²) in [6, 6.07) is 0. The first-order valence-corrected chi connectivity index (χ1v) is 12.8.